The number of hydrogen-bond donors (Lipinski definition) is 1. The van der Waals surface area contributed by atoms with Gasteiger partial charge in [0.25, 0.3) is 0 Å². The van der Waals surface area contributed by atoms with Gasteiger partial charge < -0.3 is 9.88 Å². The first-order chi connectivity index (χ1) is 9.06. The highest BCUT2D eigenvalue weighted by Gasteiger charge is 2.03. The van der Waals surface area contributed by atoms with Gasteiger partial charge in [-0.1, -0.05) is 38.1 Å². The van der Waals surface area contributed by atoms with Crippen LogP contribution in [0, 0.1) is 13.8 Å². The predicted octanol–water partition coefficient (Wildman–Crippen LogP) is 3.05. The minimum atomic E-state index is 0.524. The molecule has 0 aliphatic heterocycles. The molecule has 1 N–H and O–H groups in total. The molecule has 2 aromatic rings. The zero-order chi connectivity index (χ0) is 13.8. The monoisotopic (exact) mass is 257 g/mol. The minimum Gasteiger partial charge on any atom is -0.330 e. The topological polar surface area (TPSA) is 29.9 Å². The molecule has 0 spiro atoms. The molecule has 0 aliphatic rings. The SMILES string of the molecule is Cc1ncn(Cc2ccc(CNC(C)C)cc2)c1C. The summed E-state index contributed by atoms with van der Waals surface area (Å²) < 4.78 is 2.19. The number of imidazole rings is 1. The fraction of sp³-hybridized carbons (Fsp3) is 0.438. The third kappa shape index (κ3) is 3.67. The summed E-state index contributed by atoms with van der Waals surface area (Å²) in [6.45, 7) is 10.3. The average Bonchev–Trinajstić information content (AvgIpc) is 2.70. The van der Waals surface area contributed by atoms with Crippen LogP contribution in [-0.2, 0) is 13.1 Å². The van der Waals surface area contributed by atoms with E-state index in [0.29, 0.717) is 6.04 Å². The third-order valence-corrected chi connectivity index (χ3v) is 3.44. The molecule has 0 atom stereocenters. The summed E-state index contributed by atoms with van der Waals surface area (Å²) in [4.78, 5) is 4.33. The largest absolute Gasteiger partial charge is 0.330 e. The molecule has 0 radical (unpaired) electrons. The number of aryl methyl sites for hydroxylation is 1. The standard InChI is InChI=1S/C16H23N3/c1-12(2)17-9-15-5-7-16(8-6-15)10-19-11-18-13(3)14(19)4/h5-8,11-12,17H,9-10H2,1-4H3. The van der Waals surface area contributed by atoms with E-state index in [0.717, 1.165) is 18.8 Å². The third-order valence-electron chi connectivity index (χ3n) is 3.44. The van der Waals surface area contributed by atoms with Gasteiger partial charge in [-0.2, -0.15) is 0 Å². The Labute approximate surface area is 115 Å². The van der Waals surface area contributed by atoms with Gasteiger partial charge >= 0.3 is 0 Å². The second-order valence-corrected chi connectivity index (χ2v) is 5.40. The van der Waals surface area contributed by atoms with Crippen LogP contribution in [0.3, 0.4) is 0 Å². The number of hydrogen-bond acceptors (Lipinski definition) is 2. The maximum Gasteiger partial charge on any atom is 0.0954 e. The van der Waals surface area contributed by atoms with Crippen molar-refractivity contribution in [2.24, 2.45) is 0 Å². The zero-order valence-electron chi connectivity index (χ0n) is 12.3. The Hall–Kier alpha value is -1.61. The van der Waals surface area contributed by atoms with Crippen molar-refractivity contribution in [1.82, 2.24) is 14.9 Å². The molecular weight excluding hydrogens is 234 g/mol. The first-order valence-corrected chi connectivity index (χ1v) is 6.86. The van der Waals surface area contributed by atoms with Gasteiger partial charge in [-0.25, -0.2) is 4.98 Å². The van der Waals surface area contributed by atoms with Gasteiger partial charge in [-0.3, -0.25) is 0 Å². The number of benzene rings is 1. The summed E-state index contributed by atoms with van der Waals surface area (Å²) in [6.07, 6.45) is 1.92. The van der Waals surface area contributed by atoms with E-state index in [9.17, 15) is 0 Å². The summed E-state index contributed by atoms with van der Waals surface area (Å²) >= 11 is 0. The lowest BCUT2D eigenvalue weighted by Gasteiger charge is -2.09. The van der Waals surface area contributed by atoms with Crippen LogP contribution in [0.25, 0.3) is 0 Å². The van der Waals surface area contributed by atoms with E-state index in [2.05, 4.69) is 59.9 Å². The van der Waals surface area contributed by atoms with Gasteiger partial charge in [0.15, 0.2) is 0 Å². The Morgan fingerprint density at radius 3 is 2.26 bits per heavy atom. The number of aromatic nitrogens is 2. The number of nitrogens with zero attached hydrogens (tertiary/aromatic N) is 2. The van der Waals surface area contributed by atoms with Crippen LogP contribution in [0.1, 0.15) is 36.4 Å². The maximum atomic E-state index is 4.33. The molecule has 3 heteroatoms. The van der Waals surface area contributed by atoms with Crippen molar-refractivity contribution in [2.75, 3.05) is 0 Å². The van der Waals surface area contributed by atoms with Crippen LogP contribution in [-0.4, -0.2) is 15.6 Å². The van der Waals surface area contributed by atoms with Crippen LogP contribution in [0.4, 0.5) is 0 Å². The summed E-state index contributed by atoms with van der Waals surface area (Å²) in [5, 5.41) is 3.43. The molecule has 0 aliphatic carbocycles. The van der Waals surface area contributed by atoms with E-state index in [-0.39, 0.29) is 0 Å². The second-order valence-electron chi connectivity index (χ2n) is 5.40. The summed E-state index contributed by atoms with van der Waals surface area (Å²) in [5.74, 6) is 0. The molecule has 0 bridgehead atoms. The zero-order valence-corrected chi connectivity index (χ0v) is 12.3. The van der Waals surface area contributed by atoms with Crippen LogP contribution in [0.5, 0.6) is 0 Å². The highest BCUT2D eigenvalue weighted by Crippen LogP contribution is 2.10. The van der Waals surface area contributed by atoms with Crippen molar-refractivity contribution in [3.8, 4) is 0 Å². The van der Waals surface area contributed by atoms with Crippen LogP contribution >= 0.6 is 0 Å². The molecule has 1 aromatic carbocycles. The van der Waals surface area contributed by atoms with Gasteiger partial charge in [0.2, 0.25) is 0 Å². The average molecular weight is 257 g/mol. The molecule has 0 saturated carbocycles. The molecule has 19 heavy (non-hydrogen) atoms. The Morgan fingerprint density at radius 2 is 1.74 bits per heavy atom. The van der Waals surface area contributed by atoms with E-state index >= 15 is 0 Å². The van der Waals surface area contributed by atoms with Crippen molar-refractivity contribution < 1.29 is 0 Å². The van der Waals surface area contributed by atoms with Crippen LogP contribution < -0.4 is 5.32 Å². The number of nitrogens with one attached hydrogen (secondary N) is 1. The van der Waals surface area contributed by atoms with Crippen molar-refractivity contribution in [2.45, 2.75) is 46.8 Å². The van der Waals surface area contributed by atoms with Crippen molar-refractivity contribution in [3.05, 3.63) is 53.1 Å². The highest BCUT2D eigenvalue weighted by molar-refractivity contribution is 5.23. The molecular formula is C16H23N3. The fourth-order valence-electron chi connectivity index (χ4n) is 1.98. The lowest BCUT2D eigenvalue weighted by atomic mass is 10.1. The molecule has 1 heterocycles. The van der Waals surface area contributed by atoms with Gasteiger partial charge in [0.1, 0.15) is 0 Å². The lowest BCUT2D eigenvalue weighted by Crippen LogP contribution is -2.21. The van der Waals surface area contributed by atoms with E-state index in [1.807, 2.05) is 13.3 Å². The quantitative estimate of drug-likeness (QED) is 0.892. The van der Waals surface area contributed by atoms with Crippen LogP contribution in [0.15, 0.2) is 30.6 Å². The van der Waals surface area contributed by atoms with E-state index in [1.54, 1.807) is 0 Å². The molecule has 1 aromatic heterocycles. The van der Waals surface area contributed by atoms with Crippen molar-refractivity contribution in [3.63, 3.8) is 0 Å². The van der Waals surface area contributed by atoms with E-state index < -0.39 is 0 Å². The number of rotatable bonds is 5. The molecule has 102 valence electrons. The molecule has 0 fully saturated rings. The minimum absolute atomic E-state index is 0.524. The van der Waals surface area contributed by atoms with Crippen molar-refractivity contribution in [1.29, 1.82) is 0 Å². The van der Waals surface area contributed by atoms with E-state index in [4.69, 9.17) is 0 Å². The van der Waals surface area contributed by atoms with Gasteiger partial charge in [-0.05, 0) is 25.0 Å². The first-order valence-electron chi connectivity index (χ1n) is 6.86. The Balaban J connectivity index is 2.00. The Bertz CT molecular complexity index is 523. The Morgan fingerprint density at radius 1 is 1.11 bits per heavy atom. The lowest BCUT2D eigenvalue weighted by molar-refractivity contribution is 0.588. The van der Waals surface area contributed by atoms with Gasteiger partial charge in [0.05, 0.1) is 12.0 Å². The molecule has 3 nitrogen and oxygen atoms in total. The molecule has 0 unspecified atom stereocenters. The van der Waals surface area contributed by atoms with E-state index in [1.165, 1.54) is 16.8 Å². The first kappa shape index (κ1) is 13.8. The highest BCUT2D eigenvalue weighted by atomic mass is 15.0. The fourth-order valence-corrected chi connectivity index (χ4v) is 1.98. The molecule has 2 rings (SSSR count). The molecule has 0 amide bonds. The summed E-state index contributed by atoms with van der Waals surface area (Å²) in [7, 11) is 0. The second kappa shape index (κ2) is 6.02. The normalized spacial score (nSPS) is 11.2. The predicted molar refractivity (Wildman–Crippen MR) is 79.2 cm³/mol. The summed E-state index contributed by atoms with van der Waals surface area (Å²) in [6, 6.07) is 9.32. The Kier molecular flexibility index (Phi) is 4.38. The van der Waals surface area contributed by atoms with Gasteiger partial charge in [-0.15, -0.1) is 0 Å². The van der Waals surface area contributed by atoms with Crippen LogP contribution in [0.2, 0.25) is 0 Å². The van der Waals surface area contributed by atoms with Gasteiger partial charge in [0, 0.05) is 24.8 Å². The maximum absolute atomic E-state index is 4.33. The van der Waals surface area contributed by atoms with Crippen molar-refractivity contribution >= 4 is 0 Å². The summed E-state index contributed by atoms with van der Waals surface area (Å²) in [5.41, 5.74) is 4.99. The molecule has 0 saturated heterocycles. The smallest absolute Gasteiger partial charge is 0.0954 e.